The van der Waals surface area contributed by atoms with Gasteiger partial charge in [-0.05, 0) is 61.8 Å². The number of hydrogen-bond acceptors (Lipinski definition) is 4. The lowest BCUT2D eigenvalue weighted by molar-refractivity contribution is -0.136. The average molecular weight is 499 g/mol. The van der Waals surface area contributed by atoms with Crippen molar-refractivity contribution >= 4 is 21.9 Å². The number of aryl methyl sites for hydroxylation is 1. The summed E-state index contributed by atoms with van der Waals surface area (Å²) in [6.07, 6.45) is 5.52. The average Bonchev–Trinajstić information content (AvgIpc) is 3.08. The summed E-state index contributed by atoms with van der Waals surface area (Å²) in [5.41, 5.74) is 5.43. The van der Waals surface area contributed by atoms with Gasteiger partial charge in [0.1, 0.15) is 12.4 Å². The van der Waals surface area contributed by atoms with E-state index in [1.54, 1.807) is 4.31 Å². The third-order valence-electron chi connectivity index (χ3n) is 7.86. The van der Waals surface area contributed by atoms with Crippen LogP contribution in [0.2, 0.25) is 0 Å². The molecule has 0 spiro atoms. The quantitative estimate of drug-likeness (QED) is 0.650. The highest BCUT2D eigenvalue weighted by molar-refractivity contribution is 7.90. The minimum absolute atomic E-state index is 0.187. The van der Waals surface area contributed by atoms with Gasteiger partial charge in [0, 0.05) is 18.7 Å². The SMILES string of the molecule is Cc1ccc(-c2c(C)c3c(c(C)c2CC(=O)O)N2C(CO3)CN(CC3CCCCC3)S2(=O)=O)cc1. The van der Waals surface area contributed by atoms with Crippen molar-refractivity contribution < 1.29 is 23.1 Å². The Morgan fingerprint density at radius 1 is 1.06 bits per heavy atom. The highest BCUT2D eigenvalue weighted by Crippen LogP contribution is 2.49. The van der Waals surface area contributed by atoms with Gasteiger partial charge < -0.3 is 9.84 Å². The number of nitrogens with zero attached hydrogens (tertiary/aromatic N) is 2. The zero-order valence-electron chi connectivity index (χ0n) is 20.7. The number of carbonyl (C=O) groups is 1. The molecule has 1 saturated heterocycles. The fraction of sp³-hybridized carbons (Fsp3) is 0.519. The van der Waals surface area contributed by atoms with Crippen molar-refractivity contribution in [1.29, 1.82) is 0 Å². The van der Waals surface area contributed by atoms with E-state index in [0.29, 0.717) is 48.2 Å². The Kier molecular flexibility index (Phi) is 6.30. The summed E-state index contributed by atoms with van der Waals surface area (Å²) < 4.78 is 37.1. The number of anilines is 1. The Labute approximate surface area is 207 Å². The molecule has 0 bridgehead atoms. The molecule has 188 valence electrons. The first-order valence-corrected chi connectivity index (χ1v) is 13.9. The van der Waals surface area contributed by atoms with E-state index in [4.69, 9.17) is 4.74 Å². The van der Waals surface area contributed by atoms with Crippen LogP contribution in [0.25, 0.3) is 11.1 Å². The van der Waals surface area contributed by atoms with E-state index >= 15 is 0 Å². The molecule has 1 saturated carbocycles. The highest BCUT2D eigenvalue weighted by atomic mass is 32.2. The molecule has 1 aliphatic carbocycles. The second-order valence-corrected chi connectivity index (χ2v) is 12.1. The van der Waals surface area contributed by atoms with Crippen molar-refractivity contribution in [2.75, 3.05) is 24.0 Å². The largest absolute Gasteiger partial charge is 0.489 e. The molecule has 3 aliphatic rings. The number of rotatable bonds is 5. The number of ether oxygens (including phenoxy) is 1. The monoisotopic (exact) mass is 498 g/mol. The second-order valence-electron chi connectivity index (χ2n) is 10.3. The van der Waals surface area contributed by atoms with E-state index in [-0.39, 0.29) is 12.5 Å². The Bertz CT molecular complexity index is 1250. The van der Waals surface area contributed by atoms with E-state index in [0.717, 1.165) is 47.9 Å². The van der Waals surface area contributed by atoms with Crippen LogP contribution >= 0.6 is 0 Å². The van der Waals surface area contributed by atoms with E-state index in [2.05, 4.69) is 0 Å². The summed E-state index contributed by atoms with van der Waals surface area (Å²) in [4.78, 5) is 11.9. The molecule has 8 heteroatoms. The molecule has 7 nitrogen and oxygen atoms in total. The van der Waals surface area contributed by atoms with E-state index in [1.807, 2.05) is 45.0 Å². The Morgan fingerprint density at radius 2 is 1.74 bits per heavy atom. The third-order valence-corrected chi connectivity index (χ3v) is 9.79. The first kappa shape index (κ1) is 24.1. The molecule has 0 amide bonds. The van der Waals surface area contributed by atoms with Crippen molar-refractivity contribution in [3.05, 3.63) is 46.5 Å². The summed E-state index contributed by atoms with van der Waals surface area (Å²) in [6, 6.07) is 7.66. The van der Waals surface area contributed by atoms with Crippen LogP contribution in [0.15, 0.2) is 24.3 Å². The topological polar surface area (TPSA) is 87.2 Å². The Morgan fingerprint density at radius 3 is 2.40 bits per heavy atom. The maximum absolute atomic E-state index is 13.8. The first-order chi connectivity index (χ1) is 16.7. The van der Waals surface area contributed by atoms with Gasteiger partial charge in [-0.25, -0.2) is 4.31 Å². The van der Waals surface area contributed by atoms with Crippen LogP contribution in [0, 0.1) is 26.7 Å². The van der Waals surface area contributed by atoms with Gasteiger partial charge in [0.05, 0.1) is 18.2 Å². The van der Waals surface area contributed by atoms with E-state index in [1.165, 1.54) is 10.7 Å². The van der Waals surface area contributed by atoms with Crippen molar-refractivity contribution in [1.82, 2.24) is 4.31 Å². The minimum Gasteiger partial charge on any atom is -0.489 e. The number of aliphatic carboxylic acids is 1. The predicted octanol–water partition coefficient (Wildman–Crippen LogP) is 4.61. The van der Waals surface area contributed by atoms with Crippen LogP contribution in [0.3, 0.4) is 0 Å². The van der Waals surface area contributed by atoms with Gasteiger partial charge in [-0.1, -0.05) is 49.1 Å². The van der Waals surface area contributed by atoms with Crippen LogP contribution in [0.5, 0.6) is 5.75 Å². The lowest BCUT2D eigenvalue weighted by atomic mass is 9.87. The predicted molar refractivity (Wildman–Crippen MR) is 136 cm³/mol. The number of carboxylic acid groups (broad SMARTS) is 1. The molecule has 1 atom stereocenters. The molecule has 35 heavy (non-hydrogen) atoms. The molecule has 1 N–H and O–H groups in total. The molecule has 0 radical (unpaired) electrons. The fourth-order valence-electron chi connectivity index (χ4n) is 6.08. The third kappa shape index (κ3) is 4.20. The minimum atomic E-state index is -3.73. The van der Waals surface area contributed by atoms with Crippen molar-refractivity contribution in [3.8, 4) is 16.9 Å². The number of carboxylic acids is 1. The highest BCUT2D eigenvalue weighted by Gasteiger charge is 2.49. The summed E-state index contributed by atoms with van der Waals surface area (Å²) in [6.45, 7) is 6.99. The number of benzene rings is 2. The number of hydrogen-bond donors (Lipinski definition) is 1. The summed E-state index contributed by atoms with van der Waals surface area (Å²) in [7, 11) is -3.73. The second kappa shape index (κ2) is 9.13. The molecule has 2 heterocycles. The van der Waals surface area contributed by atoms with E-state index in [9.17, 15) is 18.3 Å². The molecule has 2 aliphatic heterocycles. The maximum Gasteiger partial charge on any atom is 0.307 e. The van der Waals surface area contributed by atoms with Crippen molar-refractivity contribution in [2.45, 2.75) is 65.3 Å². The summed E-state index contributed by atoms with van der Waals surface area (Å²) >= 11 is 0. The Balaban J connectivity index is 1.62. The summed E-state index contributed by atoms with van der Waals surface area (Å²) in [5.74, 6) is -0.00145. The lowest BCUT2D eigenvalue weighted by Crippen LogP contribution is -2.43. The molecule has 2 aromatic rings. The van der Waals surface area contributed by atoms with Gasteiger partial charge >= 0.3 is 16.2 Å². The van der Waals surface area contributed by atoms with E-state index < -0.39 is 16.2 Å². The van der Waals surface area contributed by atoms with Crippen LogP contribution in [-0.2, 0) is 21.4 Å². The molecular formula is C27H34N2O5S. The van der Waals surface area contributed by atoms with Gasteiger partial charge in [-0.15, -0.1) is 0 Å². The maximum atomic E-state index is 13.8. The zero-order chi connectivity index (χ0) is 24.9. The molecule has 2 fully saturated rings. The standard InChI is InChI=1S/C27H34N2O5S/c1-17-9-11-21(12-10-17)25-19(3)27-26(18(2)23(25)13-24(30)31)29-22(16-34-27)15-28(35(29,32)33)14-20-7-5-4-6-8-20/h9-12,20,22H,4-8,13-16H2,1-3H3,(H,30,31). The van der Waals surface area contributed by atoms with Gasteiger partial charge in [0.25, 0.3) is 0 Å². The van der Waals surface area contributed by atoms with Gasteiger partial charge in [0.15, 0.2) is 0 Å². The van der Waals surface area contributed by atoms with Crippen LogP contribution in [0.4, 0.5) is 5.69 Å². The molecule has 0 aromatic heterocycles. The van der Waals surface area contributed by atoms with Crippen LogP contribution in [-0.4, -0.2) is 49.5 Å². The lowest BCUT2D eigenvalue weighted by Gasteiger charge is -2.35. The van der Waals surface area contributed by atoms with Gasteiger partial charge in [-0.2, -0.15) is 12.7 Å². The van der Waals surface area contributed by atoms with Gasteiger partial charge in [-0.3, -0.25) is 4.79 Å². The zero-order valence-corrected chi connectivity index (χ0v) is 21.5. The van der Waals surface area contributed by atoms with Crippen molar-refractivity contribution in [2.24, 2.45) is 5.92 Å². The van der Waals surface area contributed by atoms with Gasteiger partial charge in [0.2, 0.25) is 0 Å². The number of fused-ring (bicyclic) bond motifs is 3. The van der Waals surface area contributed by atoms with Crippen molar-refractivity contribution in [3.63, 3.8) is 0 Å². The normalized spacial score (nSPS) is 21.9. The first-order valence-electron chi connectivity index (χ1n) is 12.6. The Hall–Kier alpha value is -2.58. The van der Waals surface area contributed by atoms with Crippen LogP contribution in [0.1, 0.15) is 54.4 Å². The molecule has 5 rings (SSSR count). The molecular weight excluding hydrogens is 464 g/mol. The fourth-order valence-corrected chi connectivity index (χ4v) is 8.05. The molecule has 1 unspecified atom stereocenters. The summed E-state index contributed by atoms with van der Waals surface area (Å²) in [5, 5.41) is 9.74. The smallest absolute Gasteiger partial charge is 0.307 e. The molecule has 2 aromatic carbocycles. The van der Waals surface area contributed by atoms with Crippen LogP contribution < -0.4 is 9.04 Å².